The molecule has 0 bridgehead atoms. The van der Waals surface area contributed by atoms with Crippen LogP contribution in [0.15, 0.2) is 82.6 Å². The van der Waals surface area contributed by atoms with E-state index in [4.69, 9.17) is 0 Å². The van der Waals surface area contributed by atoms with Crippen LogP contribution >= 0.6 is 11.8 Å². The van der Waals surface area contributed by atoms with Crippen LogP contribution in [0.5, 0.6) is 0 Å². The number of anilines is 1. The highest BCUT2D eigenvalue weighted by molar-refractivity contribution is 8.04. The largest absolute Gasteiger partial charge is 0.351 e. The van der Waals surface area contributed by atoms with Gasteiger partial charge in [-0.2, -0.15) is 0 Å². The average molecular weight is 528 g/mol. The Labute approximate surface area is 230 Å². The number of nitrogens with zero attached hydrogens (tertiary/aromatic N) is 2. The van der Waals surface area contributed by atoms with Crippen molar-refractivity contribution in [2.45, 2.75) is 45.1 Å². The normalized spacial score (nSPS) is 14.2. The molecule has 5 nitrogen and oxygen atoms in total. The Hall–Kier alpha value is -3.35. The summed E-state index contributed by atoms with van der Waals surface area (Å²) in [4.78, 5) is 32.3. The highest BCUT2D eigenvalue weighted by Crippen LogP contribution is 2.42. The highest BCUT2D eigenvalue weighted by Gasteiger charge is 2.29. The molecule has 38 heavy (non-hydrogen) atoms. The van der Waals surface area contributed by atoms with Crippen molar-refractivity contribution in [2.75, 3.05) is 31.1 Å². The number of carbonyl (C=O) groups excluding carboxylic acids is 2. The van der Waals surface area contributed by atoms with Crippen molar-refractivity contribution >= 4 is 35.3 Å². The van der Waals surface area contributed by atoms with Gasteiger partial charge >= 0.3 is 0 Å². The quantitative estimate of drug-likeness (QED) is 0.288. The summed E-state index contributed by atoms with van der Waals surface area (Å²) in [6.45, 7) is 10.5. The Morgan fingerprint density at radius 3 is 2.32 bits per heavy atom. The first kappa shape index (κ1) is 27.7. The lowest BCUT2D eigenvalue weighted by Gasteiger charge is -2.31. The van der Waals surface area contributed by atoms with Crippen molar-refractivity contribution in [3.8, 4) is 0 Å². The number of aryl methyl sites for hydroxylation is 1. The molecule has 0 spiro atoms. The molecule has 0 fully saturated rings. The minimum Gasteiger partial charge on any atom is -0.351 e. The number of hydrogen-bond donors (Lipinski definition) is 1. The molecule has 0 saturated carbocycles. The van der Waals surface area contributed by atoms with Gasteiger partial charge < -0.3 is 15.1 Å². The van der Waals surface area contributed by atoms with Crippen molar-refractivity contribution in [2.24, 2.45) is 0 Å². The zero-order chi connectivity index (χ0) is 26.9. The highest BCUT2D eigenvalue weighted by atomic mass is 32.2. The number of amides is 2. The van der Waals surface area contributed by atoms with Crippen LogP contribution in [0.25, 0.3) is 6.08 Å². The molecule has 0 unspecified atom stereocenters. The fourth-order valence-corrected chi connectivity index (χ4v) is 5.72. The van der Waals surface area contributed by atoms with Gasteiger partial charge in [-0.15, -0.1) is 0 Å². The lowest BCUT2D eigenvalue weighted by Crippen LogP contribution is -2.35. The van der Waals surface area contributed by atoms with Crippen molar-refractivity contribution in [3.63, 3.8) is 0 Å². The molecule has 0 atom stereocenters. The maximum atomic E-state index is 13.6. The minimum absolute atomic E-state index is 0.0116. The second-order valence-electron chi connectivity index (χ2n) is 9.62. The van der Waals surface area contributed by atoms with E-state index >= 15 is 0 Å². The van der Waals surface area contributed by atoms with E-state index in [0.29, 0.717) is 23.6 Å². The van der Waals surface area contributed by atoms with Crippen molar-refractivity contribution in [3.05, 3.63) is 100.0 Å². The summed E-state index contributed by atoms with van der Waals surface area (Å²) >= 11 is 1.50. The number of nitrogens with one attached hydrogen (secondary N) is 1. The van der Waals surface area contributed by atoms with Crippen molar-refractivity contribution in [1.82, 2.24) is 10.2 Å². The lowest BCUT2D eigenvalue weighted by molar-refractivity contribution is -0.114. The van der Waals surface area contributed by atoms with E-state index in [9.17, 15) is 9.59 Å². The molecule has 0 aliphatic carbocycles. The molecule has 0 saturated heterocycles. The molecule has 1 aliphatic rings. The molecule has 3 aromatic rings. The third-order valence-electron chi connectivity index (χ3n) is 6.69. The third-order valence-corrected chi connectivity index (χ3v) is 7.76. The van der Waals surface area contributed by atoms with Gasteiger partial charge in [-0.3, -0.25) is 9.59 Å². The number of fused-ring (bicyclic) bond motifs is 1. The molecular weight excluding hydrogens is 490 g/mol. The van der Waals surface area contributed by atoms with E-state index in [2.05, 4.69) is 49.2 Å². The first-order valence-corrected chi connectivity index (χ1v) is 14.3. The molecule has 0 radical (unpaired) electrons. The van der Waals surface area contributed by atoms with E-state index < -0.39 is 0 Å². The number of rotatable bonds is 11. The Morgan fingerprint density at radius 1 is 0.921 bits per heavy atom. The summed E-state index contributed by atoms with van der Waals surface area (Å²) in [6.07, 6.45) is 4.14. The standard InChI is InChI=1S/C32H37N3O2S/c1-4-19-34(20-5-2)21-18-33-31(36)26-16-14-25(15-17-26)22-30-32(37)35(23-27-11-7-6-10-24(27)3)28-12-8-9-13-29(28)38-30/h6-17,22H,4-5,18-21,23H2,1-3H3,(H,33,36). The summed E-state index contributed by atoms with van der Waals surface area (Å²) in [5.41, 5.74) is 4.75. The van der Waals surface area contributed by atoms with Gasteiger partial charge in [0.05, 0.1) is 17.1 Å². The van der Waals surface area contributed by atoms with Crippen molar-refractivity contribution < 1.29 is 9.59 Å². The lowest BCUT2D eigenvalue weighted by atomic mass is 10.1. The summed E-state index contributed by atoms with van der Waals surface area (Å²) in [6, 6.07) is 23.7. The number of thioether (sulfide) groups is 1. The van der Waals surface area contributed by atoms with Gasteiger partial charge in [0.2, 0.25) is 0 Å². The summed E-state index contributed by atoms with van der Waals surface area (Å²) in [5, 5.41) is 3.04. The van der Waals surface area contributed by atoms with Gasteiger partial charge in [0.15, 0.2) is 0 Å². The van der Waals surface area contributed by atoms with Gasteiger partial charge in [-0.05, 0) is 79.9 Å². The predicted octanol–water partition coefficient (Wildman–Crippen LogP) is 6.53. The molecule has 198 valence electrons. The number of carbonyl (C=O) groups is 2. The number of benzene rings is 3. The maximum absolute atomic E-state index is 13.6. The van der Waals surface area contributed by atoms with Crippen LogP contribution in [0.3, 0.4) is 0 Å². The molecular formula is C32H37N3O2S. The third kappa shape index (κ3) is 6.94. The Bertz CT molecular complexity index is 1280. The molecule has 6 heteroatoms. The smallest absolute Gasteiger partial charge is 0.265 e. The molecule has 1 N–H and O–H groups in total. The van der Waals surface area contributed by atoms with Gasteiger partial charge in [0.25, 0.3) is 11.8 Å². The number of para-hydroxylation sites is 1. The summed E-state index contributed by atoms with van der Waals surface area (Å²) in [5.74, 6) is -0.0823. The fraction of sp³-hybridized carbons (Fsp3) is 0.312. The van der Waals surface area contributed by atoms with Gasteiger partial charge in [-0.25, -0.2) is 0 Å². The zero-order valence-electron chi connectivity index (χ0n) is 22.6. The molecule has 1 aliphatic heterocycles. The fourth-order valence-electron chi connectivity index (χ4n) is 4.66. The molecule has 3 aromatic carbocycles. The van der Waals surface area contributed by atoms with Gasteiger partial charge in [-0.1, -0.05) is 74.1 Å². The van der Waals surface area contributed by atoms with E-state index in [0.717, 1.165) is 54.2 Å². The van der Waals surface area contributed by atoms with Crippen LogP contribution in [-0.2, 0) is 11.3 Å². The Morgan fingerprint density at radius 2 is 1.61 bits per heavy atom. The van der Waals surface area contributed by atoms with E-state index in [1.807, 2.05) is 65.6 Å². The zero-order valence-corrected chi connectivity index (χ0v) is 23.4. The van der Waals surface area contributed by atoms with Crippen LogP contribution in [0.1, 0.15) is 53.7 Å². The van der Waals surface area contributed by atoms with Crippen LogP contribution in [0.4, 0.5) is 5.69 Å². The SMILES string of the molecule is CCCN(CCC)CCNC(=O)c1ccc(C=C2Sc3ccccc3N(Cc3ccccc3C)C2=O)cc1. The molecule has 0 aromatic heterocycles. The predicted molar refractivity (Wildman–Crippen MR) is 158 cm³/mol. The van der Waals surface area contributed by atoms with Crippen molar-refractivity contribution in [1.29, 1.82) is 0 Å². The summed E-state index contributed by atoms with van der Waals surface area (Å²) in [7, 11) is 0. The summed E-state index contributed by atoms with van der Waals surface area (Å²) < 4.78 is 0. The van der Waals surface area contributed by atoms with Gasteiger partial charge in [0.1, 0.15) is 0 Å². The topological polar surface area (TPSA) is 52.7 Å². The number of hydrogen-bond acceptors (Lipinski definition) is 4. The Kier molecular flexibility index (Phi) is 9.79. The van der Waals surface area contributed by atoms with Crippen LogP contribution < -0.4 is 10.2 Å². The second-order valence-corrected chi connectivity index (χ2v) is 10.7. The van der Waals surface area contributed by atoms with E-state index in [-0.39, 0.29) is 11.8 Å². The minimum atomic E-state index is -0.0707. The van der Waals surface area contributed by atoms with E-state index in [1.54, 1.807) is 0 Å². The van der Waals surface area contributed by atoms with Crippen LogP contribution in [0, 0.1) is 6.92 Å². The van der Waals surface area contributed by atoms with Crippen LogP contribution in [-0.4, -0.2) is 42.9 Å². The van der Waals surface area contributed by atoms with Crippen LogP contribution in [0.2, 0.25) is 0 Å². The Balaban J connectivity index is 1.46. The average Bonchev–Trinajstić information content (AvgIpc) is 2.92. The molecule has 2 amide bonds. The van der Waals surface area contributed by atoms with E-state index in [1.165, 1.54) is 17.3 Å². The molecule has 4 rings (SSSR count). The van der Waals surface area contributed by atoms with Gasteiger partial charge in [0, 0.05) is 23.5 Å². The second kappa shape index (κ2) is 13.4. The monoisotopic (exact) mass is 527 g/mol. The first-order valence-electron chi connectivity index (χ1n) is 13.5. The maximum Gasteiger partial charge on any atom is 0.265 e. The molecule has 1 heterocycles. The first-order chi connectivity index (χ1) is 18.5.